The van der Waals surface area contributed by atoms with Crippen molar-refractivity contribution in [3.63, 3.8) is 0 Å². The van der Waals surface area contributed by atoms with Crippen molar-refractivity contribution >= 4 is 21.6 Å². The number of carbonyl (C=O) groups excluding carboxylic acids is 1. The molecule has 1 rings (SSSR count). The van der Waals surface area contributed by atoms with Crippen LogP contribution in [-0.4, -0.2) is 33.7 Å². The molecule has 0 aromatic heterocycles. The van der Waals surface area contributed by atoms with E-state index in [0.717, 1.165) is 23.4 Å². The molecule has 0 heterocycles. The van der Waals surface area contributed by atoms with Gasteiger partial charge in [0, 0.05) is 13.1 Å². The number of benzene rings is 1. The number of para-hydroxylation sites is 1. The standard InChI is InChI=1S/C14H22N2O3S/c1-5-8-11(2)15-14(17)12-9-6-7-10-13(12)16(3)20(4,18)19/h6-7,9-11H,5,8H2,1-4H3,(H,15,17). The largest absolute Gasteiger partial charge is 0.350 e. The molecule has 0 aliphatic rings. The summed E-state index contributed by atoms with van der Waals surface area (Å²) in [6, 6.07) is 6.75. The van der Waals surface area contributed by atoms with Gasteiger partial charge in [-0.3, -0.25) is 9.10 Å². The smallest absolute Gasteiger partial charge is 0.253 e. The van der Waals surface area contributed by atoms with E-state index < -0.39 is 10.0 Å². The molecule has 0 bridgehead atoms. The Hall–Kier alpha value is -1.56. The highest BCUT2D eigenvalue weighted by Gasteiger charge is 2.20. The van der Waals surface area contributed by atoms with Crippen molar-refractivity contribution in [3.8, 4) is 0 Å². The van der Waals surface area contributed by atoms with Crippen molar-refractivity contribution in [2.45, 2.75) is 32.7 Å². The lowest BCUT2D eigenvalue weighted by Gasteiger charge is -2.21. The molecule has 0 saturated heterocycles. The van der Waals surface area contributed by atoms with Crippen LogP contribution in [0, 0.1) is 0 Å². The molecular formula is C14H22N2O3S. The molecule has 0 saturated carbocycles. The number of anilines is 1. The number of carbonyl (C=O) groups is 1. The molecule has 1 unspecified atom stereocenters. The number of sulfonamides is 1. The Morgan fingerprint density at radius 2 is 1.95 bits per heavy atom. The number of nitrogens with zero attached hydrogens (tertiary/aromatic N) is 1. The minimum absolute atomic E-state index is 0.0593. The van der Waals surface area contributed by atoms with Crippen LogP contribution in [0.4, 0.5) is 5.69 Å². The third-order valence-corrected chi connectivity index (χ3v) is 4.28. The van der Waals surface area contributed by atoms with Gasteiger partial charge in [0.25, 0.3) is 5.91 Å². The molecule has 5 nitrogen and oxygen atoms in total. The van der Waals surface area contributed by atoms with Gasteiger partial charge in [0.1, 0.15) is 0 Å². The molecule has 112 valence electrons. The summed E-state index contributed by atoms with van der Waals surface area (Å²) in [6.45, 7) is 3.98. The summed E-state index contributed by atoms with van der Waals surface area (Å²) in [5.74, 6) is -0.253. The normalized spacial score (nSPS) is 12.8. The van der Waals surface area contributed by atoms with Crippen molar-refractivity contribution in [3.05, 3.63) is 29.8 Å². The lowest BCUT2D eigenvalue weighted by Crippen LogP contribution is -2.34. The minimum Gasteiger partial charge on any atom is -0.350 e. The van der Waals surface area contributed by atoms with Gasteiger partial charge in [0.15, 0.2) is 0 Å². The van der Waals surface area contributed by atoms with Crippen LogP contribution < -0.4 is 9.62 Å². The quantitative estimate of drug-likeness (QED) is 0.873. The van der Waals surface area contributed by atoms with Gasteiger partial charge in [-0.25, -0.2) is 8.42 Å². The molecule has 1 amide bonds. The Labute approximate surface area is 121 Å². The zero-order valence-electron chi connectivity index (χ0n) is 12.4. The van der Waals surface area contributed by atoms with Crippen LogP contribution in [0.3, 0.4) is 0 Å². The number of nitrogens with one attached hydrogen (secondary N) is 1. The average Bonchev–Trinajstić information content (AvgIpc) is 2.37. The maximum atomic E-state index is 12.2. The molecule has 6 heteroatoms. The molecule has 0 aliphatic heterocycles. The van der Waals surface area contributed by atoms with Gasteiger partial charge in [-0.15, -0.1) is 0 Å². The zero-order valence-corrected chi connectivity index (χ0v) is 13.2. The summed E-state index contributed by atoms with van der Waals surface area (Å²) >= 11 is 0. The van der Waals surface area contributed by atoms with E-state index in [1.54, 1.807) is 24.3 Å². The van der Waals surface area contributed by atoms with Crippen LogP contribution >= 0.6 is 0 Å². The molecule has 1 atom stereocenters. The summed E-state index contributed by atoms with van der Waals surface area (Å²) in [5, 5.41) is 2.88. The average molecular weight is 298 g/mol. The fraction of sp³-hybridized carbons (Fsp3) is 0.500. The molecule has 1 N–H and O–H groups in total. The topological polar surface area (TPSA) is 66.5 Å². The molecule has 20 heavy (non-hydrogen) atoms. The van der Waals surface area contributed by atoms with Crippen LogP contribution in [0.1, 0.15) is 37.0 Å². The predicted octanol–water partition coefficient (Wildman–Crippen LogP) is 2.00. The highest BCUT2D eigenvalue weighted by atomic mass is 32.2. The van der Waals surface area contributed by atoms with Crippen molar-refractivity contribution in [1.29, 1.82) is 0 Å². The fourth-order valence-electron chi connectivity index (χ4n) is 1.93. The van der Waals surface area contributed by atoms with Crippen molar-refractivity contribution in [2.75, 3.05) is 17.6 Å². The number of amides is 1. The second-order valence-electron chi connectivity index (χ2n) is 4.91. The molecule has 1 aromatic rings. The van der Waals surface area contributed by atoms with E-state index in [9.17, 15) is 13.2 Å². The Morgan fingerprint density at radius 3 is 2.50 bits per heavy atom. The van der Waals surface area contributed by atoms with E-state index >= 15 is 0 Å². The fourth-order valence-corrected chi connectivity index (χ4v) is 2.44. The maximum absolute atomic E-state index is 12.2. The third-order valence-electron chi connectivity index (χ3n) is 3.08. The summed E-state index contributed by atoms with van der Waals surface area (Å²) in [6.07, 6.45) is 2.98. The van der Waals surface area contributed by atoms with Crippen LogP contribution in [0.25, 0.3) is 0 Å². The Kier molecular flexibility index (Phi) is 5.56. The molecule has 0 spiro atoms. The number of hydrogen-bond acceptors (Lipinski definition) is 3. The molecule has 0 radical (unpaired) electrons. The van der Waals surface area contributed by atoms with Crippen molar-refractivity contribution in [2.24, 2.45) is 0 Å². The predicted molar refractivity (Wildman–Crippen MR) is 81.5 cm³/mol. The minimum atomic E-state index is -3.40. The summed E-state index contributed by atoms with van der Waals surface area (Å²) in [7, 11) is -1.96. The lowest BCUT2D eigenvalue weighted by molar-refractivity contribution is 0.0939. The molecular weight excluding hydrogens is 276 g/mol. The van der Waals surface area contributed by atoms with Crippen molar-refractivity contribution in [1.82, 2.24) is 5.32 Å². The van der Waals surface area contributed by atoms with Crippen LogP contribution in [0.5, 0.6) is 0 Å². The van der Waals surface area contributed by atoms with Gasteiger partial charge >= 0.3 is 0 Å². The zero-order chi connectivity index (χ0) is 15.3. The first-order valence-corrected chi connectivity index (χ1v) is 8.46. The molecule has 0 fully saturated rings. The van der Waals surface area contributed by atoms with Crippen molar-refractivity contribution < 1.29 is 13.2 Å². The lowest BCUT2D eigenvalue weighted by atomic mass is 10.1. The highest BCUT2D eigenvalue weighted by Crippen LogP contribution is 2.21. The van der Waals surface area contributed by atoms with Gasteiger partial charge in [0.05, 0.1) is 17.5 Å². The SMILES string of the molecule is CCCC(C)NC(=O)c1ccccc1N(C)S(C)(=O)=O. The first-order chi connectivity index (χ1) is 9.27. The number of hydrogen-bond donors (Lipinski definition) is 1. The van der Waals surface area contributed by atoms with E-state index in [-0.39, 0.29) is 11.9 Å². The first-order valence-electron chi connectivity index (χ1n) is 6.61. The van der Waals surface area contributed by atoms with E-state index in [1.807, 2.05) is 13.8 Å². The summed E-state index contributed by atoms with van der Waals surface area (Å²) in [5.41, 5.74) is 0.750. The molecule has 0 aliphatic carbocycles. The Bertz CT molecular complexity index is 570. The van der Waals surface area contributed by atoms with Gasteiger partial charge in [-0.05, 0) is 25.5 Å². The number of rotatable bonds is 6. The molecule has 1 aromatic carbocycles. The second-order valence-corrected chi connectivity index (χ2v) is 6.92. The Morgan fingerprint density at radius 1 is 1.35 bits per heavy atom. The van der Waals surface area contributed by atoms with Gasteiger partial charge in [-0.1, -0.05) is 25.5 Å². The second kappa shape index (κ2) is 6.74. The van der Waals surface area contributed by atoms with E-state index in [2.05, 4.69) is 5.32 Å². The summed E-state index contributed by atoms with van der Waals surface area (Å²) < 4.78 is 24.4. The first kappa shape index (κ1) is 16.5. The van der Waals surface area contributed by atoms with E-state index in [1.165, 1.54) is 7.05 Å². The summed E-state index contributed by atoms with van der Waals surface area (Å²) in [4.78, 5) is 12.2. The van der Waals surface area contributed by atoms with E-state index in [4.69, 9.17) is 0 Å². The Balaban J connectivity index is 3.05. The van der Waals surface area contributed by atoms with Crippen LogP contribution in [-0.2, 0) is 10.0 Å². The third kappa shape index (κ3) is 4.23. The van der Waals surface area contributed by atoms with Crippen LogP contribution in [0.2, 0.25) is 0 Å². The highest BCUT2D eigenvalue weighted by molar-refractivity contribution is 7.92. The van der Waals surface area contributed by atoms with E-state index in [0.29, 0.717) is 11.3 Å². The van der Waals surface area contributed by atoms with Crippen LogP contribution in [0.15, 0.2) is 24.3 Å². The monoisotopic (exact) mass is 298 g/mol. The van der Waals surface area contributed by atoms with Gasteiger partial charge in [-0.2, -0.15) is 0 Å². The maximum Gasteiger partial charge on any atom is 0.253 e. The van der Waals surface area contributed by atoms with Gasteiger partial charge in [0.2, 0.25) is 10.0 Å². The van der Waals surface area contributed by atoms with Gasteiger partial charge < -0.3 is 5.32 Å².